The van der Waals surface area contributed by atoms with E-state index in [1.165, 1.54) is 5.56 Å². The Morgan fingerprint density at radius 1 is 0.909 bits per heavy atom. The largest absolute Gasteiger partial charge is 0.383 e. The van der Waals surface area contributed by atoms with Crippen LogP contribution >= 0.6 is 0 Å². The molecule has 0 spiro atoms. The normalized spacial score (nSPS) is 16.7. The Bertz CT molecular complexity index is 607. The first-order valence-electron chi connectivity index (χ1n) is 7.56. The average molecular weight is 298 g/mol. The van der Waals surface area contributed by atoms with Gasteiger partial charge in [0.25, 0.3) is 0 Å². The van der Waals surface area contributed by atoms with Gasteiger partial charge in [-0.25, -0.2) is 4.98 Å². The number of benzene rings is 1. The van der Waals surface area contributed by atoms with Crippen LogP contribution in [0.1, 0.15) is 11.1 Å². The average Bonchev–Trinajstić information content (AvgIpc) is 2.53. The highest BCUT2D eigenvalue weighted by Crippen LogP contribution is 2.14. The van der Waals surface area contributed by atoms with Gasteiger partial charge >= 0.3 is 0 Å². The summed E-state index contributed by atoms with van der Waals surface area (Å²) in [4.78, 5) is 12.9. The number of anilines is 2. The topological polar surface area (TPSA) is 84.3 Å². The number of nitrogen functional groups attached to an aromatic ring is 2. The van der Waals surface area contributed by atoms with Gasteiger partial charge in [0.1, 0.15) is 5.82 Å². The van der Waals surface area contributed by atoms with Crippen LogP contribution in [0.5, 0.6) is 0 Å². The molecule has 0 amide bonds. The van der Waals surface area contributed by atoms with Gasteiger partial charge in [-0.05, 0) is 5.56 Å². The Hall–Kier alpha value is -2.18. The molecule has 4 N–H and O–H groups in total. The first-order chi connectivity index (χ1) is 10.7. The summed E-state index contributed by atoms with van der Waals surface area (Å²) in [6.45, 7) is 5.97. The number of piperazine rings is 1. The second-order valence-electron chi connectivity index (χ2n) is 5.68. The van der Waals surface area contributed by atoms with E-state index in [-0.39, 0.29) is 5.95 Å². The summed E-state index contributed by atoms with van der Waals surface area (Å²) in [6, 6.07) is 10.6. The molecule has 0 atom stereocenters. The zero-order valence-corrected chi connectivity index (χ0v) is 12.7. The highest BCUT2D eigenvalue weighted by molar-refractivity contribution is 5.41. The van der Waals surface area contributed by atoms with E-state index in [1.54, 1.807) is 6.20 Å². The lowest BCUT2D eigenvalue weighted by Crippen LogP contribution is -2.45. The number of rotatable bonds is 4. The molecular weight excluding hydrogens is 276 g/mol. The minimum atomic E-state index is 0.230. The zero-order chi connectivity index (χ0) is 15.4. The molecule has 1 aromatic heterocycles. The van der Waals surface area contributed by atoms with Crippen LogP contribution in [0.15, 0.2) is 36.5 Å². The van der Waals surface area contributed by atoms with Crippen molar-refractivity contribution in [3.63, 3.8) is 0 Å². The fourth-order valence-electron chi connectivity index (χ4n) is 2.74. The second-order valence-corrected chi connectivity index (χ2v) is 5.68. The summed E-state index contributed by atoms with van der Waals surface area (Å²) in [5, 5.41) is 0. The maximum atomic E-state index is 5.90. The van der Waals surface area contributed by atoms with Crippen molar-refractivity contribution < 1.29 is 0 Å². The van der Waals surface area contributed by atoms with E-state index in [2.05, 4.69) is 50.1 Å². The van der Waals surface area contributed by atoms with Crippen LogP contribution in [-0.2, 0) is 13.1 Å². The Labute approximate surface area is 130 Å². The highest BCUT2D eigenvalue weighted by Gasteiger charge is 2.18. The summed E-state index contributed by atoms with van der Waals surface area (Å²) in [6.07, 6.45) is 1.73. The van der Waals surface area contributed by atoms with Crippen LogP contribution in [-0.4, -0.2) is 45.9 Å². The molecule has 2 aromatic rings. The second kappa shape index (κ2) is 6.72. The van der Waals surface area contributed by atoms with Gasteiger partial charge in [0.15, 0.2) is 0 Å². The maximum Gasteiger partial charge on any atom is 0.221 e. The van der Waals surface area contributed by atoms with Gasteiger partial charge in [-0.15, -0.1) is 0 Å². The molecule has 0 unspecified atom stereocenters. The molecule has 0 radical (unpaired) electrons. The summed E-state index contributed by atoms with van der Waals surface area (Å²) >= 11 is 0. The summed E-state index contributed by atoms with van der Waals surface area (Å²) in [5.41, 5.74) is 13.7. The number of aromatic nitrogens is 2. The Morgan fingerprint density at radius 3 is 2.18 bits per heavy atom. The lowest BCUT2D eigenvalue weighted by molar-refractivity contribution is 0.122. The van der Waals surface area contributed by atoms with Crippen LogP contribution in [0, 0.1) is 0 Å². The SMILES string of the molecule is Nc1ncc(CN2CCN(Cc3ccccc3)CC2)c(N)n1. The number of hydrogen-bond donors (Lipinski definition) is 2. The molecule has 1 saturated heterocycles. The van der Waals surface area contributed by atoms with Gasteiger partial charge in [0.05, 0.1) is 0 Å². The number of hydrogen-bond acceptors (Lipinski definition) is 6. The monoisotopic (exact) mass is 298 g/mol. The molecule has 6 nitrogen and oxygen atoms in total. The van der Waals surface area contributed by atoms with Gasteiger partial charge in [0.2, 0.25) is 5.95 Å². The van der Waals surface area contributed by atoms with E-state index < -0.39 is 0 Å². The molecule has 0 bridgehead atoms. The molecule has 116 valence electrons. The lowest BCUT2D eigenvalue weighted by atomic mass is 10.2. The summed E-state index contributed by atoms with van der Waals surface area (Å²) in [5.74, 6) is 0.716. The van der Waals surface area contributed by atoms with Crippen LogP contribution in [0.2, 0.25) is 0 Å². The molecule has 0 saturated carbocycles. The molecule has 0 aliphatic carbocycles. The highest BCUT2D eigenvalue weighted by atomic mass is 15.3. The van der Waals surface area contributed by atoms with Crippen molar-refractivity contribution in [2.75, 3.05) is 37.6 Å². The Balaban J connectivity index is 1.51. The predicted molar refractivity (Wildman–Crippen MR) is 87.9 cm³/mol. The predicted octanol–water partition coefficient (Wildman–Crippen LogP) is 0.959. The molecule has 6 heteroatoms. The van der Waals surface area contributed by atoms with Crippen molar-refractivity contribution in [2.24, 2.45) is 0 Å². The van der Waals surface area contributed by atoms with E-state index >= 15 is 0 Å². The Morgan fingerprint density at radius 2 is 1.55 bits per heavy atom. The molecular formula is C16H22N6. The molecule has 1 aromatic carbocycles. The van der Waals surface area contributed by atoms with Crippen LogP contribution < -0.4 is 11.5 Å². The van der Waals surface area contributed by atoms with E-state index in [9.17, 15) is 0 Å². The maximum absolute atomic E-state index is 5.90. The number of nitrogens with zero attached hydrogens (tertiary/aromatic N) is 4. The lowest BCUT2D eigenvalue weighted by Gasteiger charge is -2.34. The van der Waals surface area contributed by atoms with Gasteiger partial charge < -0.3 is 11.5 Å². The first-order valence-corrected chi connectivity index (χ1v) is 7.56. The van der Waals surface area contributed by atoms with Crippen molar-refractivity contribution in [3.05, 3.63) is 47.7 Å². The molecule has 1 aliphatic heterocycles. The number of nitrogens with two attached hydrogens (primary N) is 2. The smallest absolute Gasteiger partial charge is 0.221 e. The van der Waals surface area contributed by atoms with Gasteiger partial charge in [-0.2, -0.15) is 4.98 Å². The third-order valence-corrected chi connectivity index (χ3v) is 4.02. The minimum absolute atomic E-state index is 0.230. The minimum Gasteiger partial charge on any atom is -0.383 e. The molecule has 1 fully saturated rings. The van der Waals surface area contributed by atoms with Crippen LogP contribution in [0.25, 0.3) is 0 Å². The third kappa shape index (κ3) is 3.72. The molecule has 22 heavy (non-hydrogen) atoms. The van der Waals surface area contributed by atoms with E-state index in [0.717, 1.165) is 44.8 Å². The molecule has 2 heterocycles. The summed E-state index contributed by atoms with van der Waals surface area (Å²) in [7, 11) is 0. The van der Waals surface area contributed by atoms with Crippen LogP contribution in [0.3, 0.4) is 0 Å². The Kier molecular flexibility index (Phi) is 4.50. The molecule has 1 aliphatic rings. The quantitative estimate of drug-likeness (QED) is 0.874. The fourth-order valence-corrected chi connectivity index (χ4v) is 2.74. The van der Waals surface area contributed by atoms with Gasteiger partial charge in [0, 0.05) is 51.0 Å². The van der Waals surface area contributed by atoms with Crippen molar-refractivity contribution in [3.8, 4) is 0 Å². The fraction of sp³-hybridized carbons (Fsp3) is 0.375. The molecule has 3 rings (SSSR count). The van der Waals surface area contributed by atoms with E-state index in [1.807, 2.05) is 0 Å². The van der Waals surface area contributed by atoms with Crippen LogP contribution in [0.4, 0.5) is 11.8 Å². The van der Waals surface area contributed by atoms with Gasteiger partial charge in [-0.1, -0.05) is 30.3 Å². The standard InChI is InChI=1S/C16H22N6/c17-15-14(10-19-16(18)20-15)12-22-8-6-21(7-9-22)11-13-4-2-1-3-5-13/h1-5,10H,6-9,11-12H2,(H4,17,18,19,20). The first kappa shape index (κ1) is 14.7. The van der Waals surface area contributed by atoms with Crippen molar-refractivity contribution in [1.82, 2.24) is 19.8 Å². The zero-order valence-electron chi connectivity index (χ0n) is 12.7. The third-order valence-electron chi connectivity index (χ3n) is 4.02. The van der Waals surface area contributed by atoms with E-state index in [0.29, 0.717) is 5.82 Å². The van der Waals surface area contributed by atoms with Crippen molar-refractivity contribution in [2.45, 2.75) is 13.1 Å². The summed E-state index contributed by atoms with van der Waals surface area (Å²) < 4.78 is 0. The van der Waals surface area contributed by atoms with E-state index in [4.69, 9.17) is 11.5 Å². The van der Waals surface area contributed by atoms with Gasteiger partial charge in [-0.3, -0.25) is 9.80 Å². The van der Waals surface area contributed by atoms with Crippen molar-refractivity contribution >= 4 is 11.8 Å². The van der Waals surface area contributed by atoms with Crippen molar-refractivity contribution in [1.29, 1.82) is 0 Å².